The van der Waals surface area contributed by atoms with Crippen LogP contribution in [-0.2, 0) is 0 Å². The van der Waals surface area contributed by atoms with Crippen LogP contribution in [0.5, 0.6) is 0 Å². The van der Waals surface area contributed by atoms with E-state index < -0.39 is 5.60 Å². The highest BCUT2D eigenvalue weighted by molar-refractivity contribution is 4.83. The minimum absolute atomic E-state index is 0.511. The molecule has 18 heavy (non-hydrogen) atoms. The average molecular weight is 255 g/mol. The van der Waals surface area contributed by atoms with Crippen molar-refractivity contribution in [1.82, 2.24) is 5.32 Å². The summed E-state index contributed by atoms with van der Waals surface area (Å²) in [5.41, 5.74) is -0.0487. The van der Waals surface area contributed by atoms with Crippen LogP contribution in [0, 0.1) is 11.3 Å². The molecule has 2 N–H and O–H groups in total. The number of rotatable bonds is 5. The largest absolute Gasteiger partial charge is 0.389 e. The summed E-state index contributed by atoms with van der Waals surface area (Å²) in [6.07, 6.45) is 7.35. The van der Waals surface area contributed by atoms with Crippen molar-refractivity contribution >= 4 is 0 Å². The topological polar surface area (TPSA) is 32.3 Å². The molecule has 0 aromatic heterocycles. The molecule has 1 aliphatic rings. The predicted molar refractivity (Wildman–Crippen MR) is 78.7 cm³/mol. The average Bonchev–Trinajstić information content (AvgIpc) is 2.35. The first-order valence-corrected chi connectivity index (χ1v) is 7.66. The Morgan fingerprint density at radius 2 is 1.94 bits per heavy atom. The summed E-state index contributed by atoms with van der Waals surface area (Å²) in [7, 11) is 0. The molecular weight excluding hydrogens is 222 g/mol. The lowest BCUT2D eigenvalue weighted by atomic mass is 9.85. The van der Waals surface area contributed by atoms with Crippen LogP contribution in [0.2, 0.25) is 0 Å². The summed E-state index contributed by atoms with van der Waals surface area (Å²) < 4.78 is 0. The van der Waals surface area contributed by atoms with Gasteiger partial charge in [0.15, 0.2) is 0 Å². The molecule has 0 aromatic rings. The van der Waals surface area contributed by atoms with Gasteiger partial charge in [-0.2, -0.15) is 0 Å². The molecule has 2 unspecified atom stereocenters. The highest BCUT2D eigenvalue weighted by Crippen LogP contribution is 2.33. The SMILES string of the molecule is CC(C)CC(C)(O)CNC1CCCC(C)(C)CC1. The Hall–Kier alpha value is -0.0800. The Morgan fingerprint density at radius 3 is 2.56 bits per heavy atom. The minimum atomic E-state index is -0.560. The van der Waals surface area contributed by atoms with Crippen molar-refractivity contribution in [3.63, 3.8) is 0 Å². The molecule has 0 aliphatic heterocycles. The summed E-state index contributed by atoms with van der Waals surface area (Å²) in [5.74, 6) is 0.551. The van der Waals surface area contributed by atoms with Gasteiger partial charge in [-0.15, -0.1) is 0 Å². The van der Waals surface area contributed by atoms with Gasteiger partial charge in [-0.3, -0.25) is 0 Å². The van der Waals surface area contributed by atoms with Crippen LogP contribution >= 0.6 is 0 Å². The predicted octanol–water partition coefficient (Wildman–Crippen LogP) is 3.73. The molecule has 0 bridgehead atoms. The Labute approximate surface area is 114 Å². The van der Waals surface area contributed by atoms with Crippen molar-refractivity contribution in [3.05, 3.63) is 0 Å². The van der Waals surface area contributed by atoms with E-state index >= 15 is 0 Å². The van der Waals surface area contributed by atoms with Gasteiger partial charge in [0.2, 0.25) is 0 Å². The second-order valence-electron chi connectivity index (χ2n) is 7.77. The molecule has 0 aromatic carbocycles. The number of nitrogens with one attached hydrogen (secondary N) is 1. The van der Waals surface area contributed by atoms with Crippen LogP contribution in [0.25, 0.3) is 0 Å². The lowest BCUT2D eigenvalue weighted by Gasteiger charge is -2.28. The van der Waals surface area contributed by atoms with Gasteiger partial charge in [0.25, 0.3) is 0 Å². The van der Waals surface area contributed by atoms with Crippen LogP contribution in [0.15, 0.2) is 0 Å². The molecule has 2 heteroatoms. The van der Waals surface area contributed by atoms with Crippen molar-refractivity contribution in [2.75, 3.05) is 6.54 Å². The maximum absolute atomic E-state index is 10.3. The van der Waals surface area contributed by atoms with E-state index in [4.69, 9.17) is 0 Å². The molecule has 2 atom stereocenters. The third-order valence-electron chi connectivity index (χ3n) is 4.20. The molecule has 0 heterocycles. The van der Waals surface area contributed by atoms with Gasteiger partial charge in [-0.05, 0) is 50.4 Å². The monoisotopic (exact) mass is 255 g/mol. The molecule has 1 aliphatic carbocycles. The zero-order valence-electron chi connectivity index (χ0n) is 13.1. The maximum atomic E-state index is 10.3. The van der Waals surface area contributed by atoms with Gasteiger partial charge in [0.05, 0.1) is 5.60 Å². The first-order valence-electron chi connectivity index (χ1n) is 7.66. The molecule has 1 rings (SSSR count). The van der Waals surface area contributed by atoms with Crippen molar-refractivity contribution < 1.29 is 5.11 Å². The zero-order chi connectivity index (χ0) is 13.8. The van der Waals surface area contributed by atoms with Crippen LogP contribution in [0.4, 0.5) is 0 Å². The Kier molecular flexibility index (Phi) is 5.67. The van der Waals surface area contributed by atoms with Crippen LogP contribution in [-0.4, -0.2) is 23.3 Å². The maximum Gasteiger partial charge on any atom is 0.0746 e. The normalized spacial score (nSPS) is 27.8. The summed E-state index contributed by atoms with van der Waals surface area (Å²) >= 11 is 0. The first-order chi connectivity index (χ1) is 8.20. The highest BCUT2D eigenvalue weighted by atomic mass is 16.3. The van der Waals surface area contributed by atoms with Crippen LogP contribution < -0.4 is 5.32 Å². The fourth-order valence-corrected chi connectivity index (χ4v) is 3.18. The summed E-state index contributed by atoms with van der Waals surface area (Å²) in [4.78, 5) is 0. The first kappa shape index (κ1) is 16.0. The number of hydrogen-bond donors (Lipinski definition) is 2. The van der Waals surface area contributed by atoms with E-state index in [2.05, 4.69) is 33.0 Å². The third kappa shape index (κ3) is 6.19. The minimum Gasteiger partial charge on any atom is -0.389 e. The second kappa shape index (κ2) is 6.38. The van der Waals surface area contributed by atoms with E-state index in [0.29, 0.717) is 17.4 Å². The quantitative estimate of drug-likeness (QED) is 0.734. The lowest BCUT2D eigenvalue weighted by molar-refractivity contribution is 0.0353. The van der Waals surface area contributed by atoms with Gasteiger partial charge in [0.1, 0.15) is 0 Å². The smallest absolute Gasteiger partial charge is 0.0746 e. The van der Waals surface area contributed by atoms with Gasteiger partial charge >= 0.3 is 0 Å². The standard InChI is InChI=1S/C16H33NO/c1-13(2)11-16(5,18)12-17-14-7-6-9-15(3,4)10-8-14/h13-14,17-18H,6-12H2,1-5H3. The van der Waals surface area contributed by atoms with E-state index in [1.807, 2.05) is 6.92 Å². The van der Waals surface area contributed by atoms with Crippen LogP contribution in [0.1, 0.15) is 73.1 Å². The molecule has 0 spiro atoms. The molecule has 0 saturated heterocycles. The summed E-state index contributed by atoms with van der Waals surface area (Å²) in [6, 6.07) is 0.602. The van der Waals surface area contributed by atoms with Crippen molar-refractivity contribution in [2.24, 2.45) is 11.3 Å². The van der Waals surface area contributed by atoms with Crippen molar-refractivity contribution in [2.45, 2.75) is 84.8 Å². The van der Waals surface area contributed by atoms with Crippen molar-refractivity contribution in [3.8, 4) is 0 Å². The molecule has 1 fully saturated rings. The highest BCUT2D eigenvalue weighted by Gasteiger charge is 2.27. The summed E-state index contributed by atoms with van der Waals surface area (Å²) in [6.45, 7) is 11.8. The van der Waals surface area contributed by atoms with E-state index in [-0.39, 0.29) is 0 Å². The Balaban J connectivity index is 2.35. The third-order valence-corrected chi connectivity index (χ3v) is 4.20. The summed E-state index contributed by atoms with van der Waals surface area (Å²) in [5, 5.41) is 13.9. The lowest BCUT2D eigenvalue weighted by Crippen LogP contribution is -2.43. The molecule has 0 radical (unpaired) electrons. The van der Waals surface area contributed by atoms with Gasteiger partial charge < -0.3 is 10.4 Å². The van der Waals surface area contributed by atoms with Gasteiger partial charge in [-0.25, -0.2) is 0 Å². The van der Waals surface area contributed by atoms with Gasteiger partial charge in [0, 0.05) is 12.6 Å². The zero-order valence-corrected chi connectivity index (χ0v) is 13.1. The van der Waals surface area contributed by atoms with E-state index in [0.717, 1.165) is 13.0 Å². The second-order valence-corrected chi connectivity index (χ2v) is 7.77. The van der Waals surface area contributed by atoms with E-state index in [1.54, 1.807) is 0 Å². The number of hydrogen-bond acceptors (Lipinski definition) is 2. The fraction of sp³-hybridized carbons (Fsp3) is 1.00. The number of aliphatic hydroxyl groups is 1. The Morgan fingerprint density at radius 1 is 1.28 bits per heavy atom. The fourth-order valence-electron chi connectivity index (χ4n) is 3.18. The molecular formula is C16H33NO. The molecule has 0 amide bonds. The van der Waals surface area contributed by atoms with Crippen molar-refractivity contribution in [1.29, 1.82) is 0 Å². The van der Waals surface area contributed by atoms with Crippen LogP contribution in [0.3, 0.4) is 0 Å². The van der Waals surface area contributed by atoms with Gasteiger partial charge in [-0.1, -0.05) is 34.1 Å². The molecule has 2 nitrogen and oxygen atoms in total. The Bertz CT molecular complexity index is 245. The van der Waals surface area contributed by atoms with E-state index in [1.165, 1.54) is 32.1 Å². The van der Waals surface area contributed by atoms with E-state index in [9.17, 15) is 5.11 Å². The molecule has 108 valence electrons. The molecule has 1 saturated carbocycles.